The van der Waals surface area contributed by atoms with Gasteiger partial charge in [0.2, 0.25) is 0 Å². The summed E-state index contributed by atoms with van der Waals surface area (Å²) in [5, 5.41) is 0.411. The molecule has 8 heteroatoms. The largest absolute Gasteiger partial charge is 0.355 e. The van der Waals surface area contributed by atoms with Crippen LogP contribution in [0.1, 0.15) is 10.4 Å². The molecular weight excluding hydrogens is 361 g/mol. The molecule has 2 aromatic heterocycles. The Hall–Kier alpha value is -2.44. The molecule has 3 aromatic rings. The van der Waals surface area contributed by atoms with E-state index in [0.717, 1.165) is 11.0 Å². The highest BCUT2D eigenvalue weighted by Gasteiger charge is 2.29. The van der Waals surface area contributed by atoms with Gasteiger partial charge >= 0.3 is 0 Å². The van der Waals surface area contributed by atoms with Crippen LogP contribution in [0.5, 0.6) is 0 Å². The van der Waals surface area contributed by atoms with Crippen molar-refractivity contribution in [1.29, 1.82) is 0 Å². The van der Waals surface area contributed by atoms with Crippen LogP contribution in [0.4, 0.5) is 11.6 Å². The van der Waals surface area contributed by atoms with Crippen molar-refractivity contribution in [1.82, 2.24) is 15.0 Å². The maximum absolute atomic E-state index is 13.0. The molecule has 0 atom stereocenters. The van der Waals surface area contributed by atoms with Crippen LogP contribution < -0.4 is 9.80 Å². The number of pyridine rings is 1. The molecule has 25 heavy (non-hydrogen) atoms. The average Bonchev–Trinajstić information content (AvgIpc) is 2.62. The number of hydrogen-bond donors (Lipinski definition) is 0. The van der Waals surface area contributed by atoms with Crippen LogP contribution in [0.15, 0.2) is 36.5 Å². The molecule has 0 bridgehead atoms. The van der Waals surface area contributed by atoms with Crippen molar-refractivity contribution in [2.75, 3.05) is 29.9 Å². The van der Waals surface area contributed by atoms with Gasteiger partial charge in [0.05, 0.1) is 21.6 Å². The zero-order valence-corrected chi connectivity index (χ0v) is 14.8. The molecule has 0 saturated heterocycles. The van der Waals surface area contributed by atoms with Crippen LogP contribution in [-0.2, 0) is 0 Å². The number of nitrogens with zero attached hydrogens (tertiary/aromatic N) is 5. The number of likely N-dealkylation sites (N-methyl/N-ethyl adjacent to an activating group) is 1. The van der Waals surface area contributed by atoms with Gasteiger partial charge in [-0.05, 0) is 18.2 Å². The number of benzene rings is 1. The Kier molecular flexibility index (Phi) is 3.94. The molecule has 0 spiro atoms. The highest BCUT2D eigenvalue weighted by molar-refractivity contribution is 6.41. The monoisotopic (exact) mass is 373 g/mol. The van der Waals surface area contributed by atoms with E-state index in [-0.39, 0.29) is 16.1 Å². The Morgan fingerprint density at radius 1 is 1.08 bits per heavy atom. The standard InChI is InChI=1S/C17H13Cl2N5O/c1-23-6-7-24(17(25)10-8-11(18)14(19)20-9-10)16-15(23)21-12-4-2-3-5-13(12)22-16/h2-5,8-9H,6-7H2,1H3. The van der Waals surface area contributed by atoms with Gasteiger partial charge in [-0.15, -0.1) is 0 Å². The second-order valence-electron chi connectivity index (χ2n) is 5.73. The Labute approximate surface area is 154 Å². The number of carbonyl (C=O) groups is 1. The normalized spacial score (nSPS) is 13.9. The molecule has 0 aliphatic carbocycles. The molecule has 1 aliphatic rings. The van der Waals surface area contributed by atoms with Crippen LogP contribution in [0.25, 0.3) is 11.0 Å². The Balaban J connectivity index is 1.82. The maximum atomic E-state index is 13.0. The number of anilines is 2. The van der Waals surface area contributed by atoms with Crippen molar-refractivity contribution < 1.29 is 4.79 Å². The lowest BCUT2D eigenvalue weighted by Gasteiger charge is -2.33. The number of halogens is 2. The molecule has 0 unspecified atom stereocenters. The molecule has 3 heterocycles. The van der Waals surface area contributed by atoms with Gasteiger partial charge in [0.25, 0.3) is 5.91 Å². The lowest BCUT2D eigenvalue weighted by molar-refractivity contribution is 0.0985. The lowest BCUT2D eigenvalue weighted by atomic mass is 10.2. The molecule has 4 rings (SSSR count). The third-order valence-corrected chi connectivity index (χ3v) is 4.79. The second kappa shape index (κ2) is 6.13. The van der Waals surface area contributed by atoms with Crippen LogP contribution in [0.3, 0.4) is 0 Å². The first-order chi connectivity index (χ1) is 12.0. The number of carbonyl (C=O) groups excluding carboxylic acids is 1. The number of hydrogen-bond acceptors (Lipinski definition) is 5. The highest BCUT2D eigenvalue weighted by atomic mass is 35.5. The van der Waals surface area contributed by atoms with Gasteiger partial charge in [0.1, 0.15) is 5.15 Å². The predicted molar refractivity (Wildman–Crippen MR) is 98.7 cm³/mol. The molecule has 1 amide bonds. The summed E-state index contributed by atoms with van der Waals surface area (Å²) in [7, 11) is 1.94. The van der Waals surface area contributed by atoms with Gasteiger partial charge in [-0.3, -0.25) is 9.69 Å². The van der Waals surface area contributed by atoms with Gasteiger partial charge in [-0.2, -0.15) is 0 Å². The first kappa shape index (κ1) is 16.1. The molecule has 1 aliphatic heterocycles. The van der Waals surface area contributed by atoms with Crippen molar-refractivity contribution >= 4 is 51.8 Å². The summed E-state index contributed by atoms with van der Waals surface area (Å²) in [5.74, 6) is 0.972. The van der Waals surface area contributed by atoms with Crippen LogP contribution in [-0.4, -0.2) is 41.0 Å². The third kappa shape index (κ3) is 2.77. The number of fused-ring (bicyclic) bond motifs is 2. The quantitative estimate of drug-likeness (QED) is 0.611. The molecule has 0 radical (unpaired) electrons. The van der Waals surface area contributed by atoms with Crippen LogP contribution >= 0.6 is 23.2 Å². The summed E-state index contributed by atoms with van der Waals surface area (Å²) < 4.78 is 0. The van der Waals surface area contributed by atoms with E-state index in [1.165, 1.54) is 12.3 Å². The van der Waals surface area contributed by atoms with Gasteiger partial charge in [-0.1, -0.05) is 35.3 Å². The second-order valence-corrected chi connectivity index (χ2v) is 6.50. The van der Waals surface area contributed by atoms with Crippen molar-refractivity contribution in [3.05, 3.63) is 52.3 Å². The summed E-state index contributed by atoms with van der Waals surface area (Å²) in [4.78, 5) is 29.8. The van der Waals surface area contributed by atoms with E-state index in [2.05, 4.69) is 15.0 Å². The van der Waals surface area contributed by atoms with E-state index >= 15 is 0 Å². The highest BCUT2D eigenvalue weighted by Crippen LogP contribution is 2.32. The molecular formula is C17H13Cl2N5O. The predicted octanol–water partition coefficient (Wildman–Crippen LogP) is 3.43. The van der Waals surface area contributed by atoms with Gasteiger partial charge in [0.15, 0.2) is 11.6 Å². The van der Waals surface area contributed by atoms with Crippen molar-refractivity contribution in [2.24, 2.45) is 0 Å². The SMILES string of the molecule is CN1CCN(C(=O)c2cnc(Cl)c(Cl)c2)c2nc3ccccc3nc21. The van der Waals surface area contributed by atoms with E-state index < -0.39 is 0 Å². The van der Waals surface area contributed by atoms with E-state index in [1.54, 1.807) is 4.90 Å². The van der Waals surface area contributed by atoms with Crippen LogP contribution in [0, 0.1) is 0 Å². The summed E-state index contributed by atoms with van der Waals surface area (Å²) in [6.45, 7) is 1.15. The van der Waals surface area contributed by atoms with E-state index in [0.29, 0.717) is 30.3 Å². The topological polar surface area (TPSA) is 62.2 Å². The third-order valence-electron chi connectivity index (χ3n) is 4.10. The van der Waals surface area contributed by atoms with E-state index in [1.807, 2.05) is 36.2 Å². The molecule has 0 fully saturated rings. The van der Waals surface area contributed by atoms with Gasteiger partial charge < -0.3 is 4.90 Å². The van der Waals surface area contributed by atoms with Crippen LogP contribution in [0.2, 0.25) is 10.2 Å². The van der Waals surface area contributed by atoms with Crippen molar-refractivity contribution in [2.45, 2.75) is 0 Å². The Bertz CT molecular complexity index is 994. The summed E-state index contributed by atoms with van der Waals surface area (Å²) in [6, 6.07) is 9.11. The molecule has 0 N–H and O–H groups in total. The number of para-hydroxylation sites is 2. The molecule has 126 valence electrons. The minimum Gasteiger partial charge on any atom is -0.355 e. The average molecular weight is 374 g/mol. The van der Waals surface area contributed by atoms with Crippen molar-refractivity contribution in [3.63, 3.8) is 0 Å². The van der Waals surface area contributed by atoms with E-state index in [9.17, 15) is 4.79 Å². The molecule has 1 aromatic carbocycles. The fraction of sp³-hybridized carbons (Fsp3) is 0.176. The minimum atomic E-state index is -0.231. The van der Waals surface area contributed by atoms with Crippen molar-refractivity contribution in [3.8, 4) is 0 Å². The fourth-order valence-electron chi connectivity index (χ4n) is 2.77. The number of rotatable bonds is 1. The maximum Gasteiger partial charge on any atom is 0.261 e. The summed E-state index contributed by atoms with van der Waals surface area (Å²) in [6.07, 6.45) is 1.42. The number of aromatic nitrogens is 3. The van der Waals surface area contributed by atoms with E-state index in [4.69, 9.17) is 23.2 Å². The Morgan fingerprint density at radius 2 is 1.76 bits per heavy atom. The fourth-order valence-corrected chi connectivity index (χ4v) is 3.04. The van der Waals surface area contributed by atoms with Gasteiger partial charge in [0, 0.05) is 26.3 Å². The molecule has 6 nitrogen and oxygen atoms in total. The summed E-state index contributed by atoms with van der Waals surface area (Å²) >= 11 is 11.8. The first-order valence-corrected chi connectivity index (χ1v) is 8.41. The zero-order chi connectivity index (χ0) is 17.6. The smallest absolute Gasteiger partial charge is 0.261 e. The Morgan fingerprint density at radius 3 is 2.44 bits per heavy atom. The number of amides is 1. The van der Waals surface area contributed by atoms with Gasteiger partial charge in [-0.25, -0.2) is 15.0 Å². The summed E-state index contributed by atoms with van der Waals surface area (Å²) in [5.41, 5.74) is 1.89. The molecule has 0 saturated carbocycles. The minimum absolute atomic E-state index is 0.169. The lowest BCUT2D eigenvalue weighted by Crippen LogP contribution is -2.43. The first-order valence-electron chi connectivity index (χ1n) is 7.65. The zero-order valence-electron chi connectivity index (χ0n) is 13.3.